The zero-order valence-corrected chi connectivity index (χ0v) is 21.7. The van der Waals surface area contributed by atoms with Crippen molar-refractivity contribution in [3.8, 4) is 17.2 Å². The molecule has 0 unspecified atom stereocenters. The quantitative estimate of drug-likeness (QED) is 0.260. The first-order valence-electron chi connectivity index (χ1n) is 11.7. The summed E-state index contributed by atoms with van der Waals surface area (Å²) < 4.78 is 19.3. The Morgan fingerprint density at radius 1 is 1.11 bits per heavy atom. The Labute approximate surface area is 214 Å². The fraction of sp³-hybridized carbons (Fsp3) is 0.296. The Morgan fingerprint density at radius 2 is 1.89 bits per heavy atom. The van der Waals surface area contributed by atoms with Crippen LogP contribution in [-0.2, 0) is 17.8 Å². The van der Waals surface area contributed by atoms with Gasteiger partial charge in [-0.2, -0.15) is 0 Å². The van der Waals surface area contributed by atoms with Crippen molar-refractivity contribution in [3.05, 3.63) is 66.3 Å². The third-order valence-electron chi connectivity index (χ3n) is 5.81. The van der Waals surface area contributed by atoms with Crippen molar-refractivity contribution in [3.63, 3.8) is 0 Å². The SMILES string of the molecule is CCc1ccc2nc(N(CCCn3ccnc3)C(=O)/C=C/c3cc(OC)c(OC)c(OC)c3)sc2c1. The van der Waals surface area contributed by atoms with Gasteiger partial charge < -0.3 is 18.8 Å². The molecular formula is C27H30N4O4S. The largest absolute Gasteiger partial charge is 0.493 e. The molecule has 9 heteroatoms. The second kappa shape index (κ2) is 11.7. The third-order valence-corrected chi connectivity index (χ3v) is 6.85. The zero-order chi connectivity index (χ0) is 25.5. The molecule has 36 heavy (non-hydrogen) atoms. The molecular weight excluding hydrogens is 476 g/mol. The van der Waals surface area contributed by atoms with Crippen molar-refractivity contribution in [2.45, 2.75) is 26.3 Å². The maximum Gasteiger partial charge on any atom is 0.252 e. The molecule has 0 radical (unpaired) electrons. The topological polar surface area (TPSA) is 78.7 Å². The van der Waals surface area contributed by atoms with Crippen LogP contribution in [0.15, 0.2) is 55.1 Å². The lowest BCUT2D eigenvalue weighted by Crippen LogP contribution is -2.30. The number of imidazole rings is 1. The number of fused-ring (bicyclic) bond motifs is 1. The third kappa shape index (κ3) is 5.68. The van der Waals surface area contributed by atoms with Gasteiger partial charge in [0.1, 0.15) is 0 Å². The van der Waals surface area contributed by atoms with Gasteiger partial charge in [-0.3, -0.25) is 9.69 Å². The van der Waals surface area contributed by atoms with Crippen molar-refractivity contribution < 1.29 is 19.0 Å². The van der Waals surface area contributed by atoms with E-state index in [-0.39, 0.29) is 5.91 Å². The van der Waals surface area contributed by atoms with E-state index in [4.69, 9.17) is 19.2 Å². The Hall–Kier alpha value is -3.85. The van der Waals surface area contributed by atoms with E-state index in [0.29, 0.717) is 28.9 Å². The summed E-state index contributed by atoms with van der Waals surface area (Å²) in [4.78, 5) is 24.0. The van der Waals surface area contributed by atoms with Gasteiger partial charge in [0.15, 0.2) is 16.6 Å². The van der Waals surface area contributed by atoms with Crippen LogP contribution in [0.4, 0.5) is 5.13 Å². The van der Waals surface area contributed by atoms with Gasteiger partial charge in [-0.15, -0.1) is 0 Å². The number of thiazole rings is 1. The average molecular weight is 507 g/mol. The first-order valence-corrected chi connectivity index (χ1v) is 12.5. The van der Waals surface area contributed by atoms with Gasteiger partial charge in [0.25, 0.3) is 5.91 Å². The number of aryl methyl sites for hydroxylation is 2. The summed E-state index contributed by atoms with van der Waals surface area (Å²) >= 11 is 1.53. The predicted octanol–water partition coefficient (Wildman–Crippen LogP) is 5.22. The molecule has 1 amide bonds. The maximum absolute atomic E-state index is 13.4. The van der Waals surface area contributed by atoms with Gasteiger partial charge in [0, 0.05) is 31.6 Å². The molecule has 0 atom stereocenters. The van der Waals surface area contributed by atoms with E-state index < -0.39 is 0 Å². The van der Waals surface area contributed by atoms with Crippen molar-refractivity contribution >= 4 is 38.7 Å². The molecule has 8 nitrogen and oxygen atoms in total. The second-order valence-electron chi connectivity index (χ2n) is 8.09. The standard InChI is InChI=1S/C27H30N4O4S/c1-5-19-7-9-21-24(17-19)36-27(29-21)31(13-6-12-30-14-11-28-18-30)25(32)10-8-20-15-22(33-2)26(35-4)23(16-20)34-3/h7-11,14-18H,5-6,12-13H2,1-4H3/b10-8+. The fourth-order valence-electron chi connectivity index (χ4n) is 3.88. The highest BCUT2D eigenvalue weighted by Gasteiger charge is 2.18. The number of hydrogen-bond acceptors (Lipinski definition) is 7. The minimum absolute atomic E-state index is 0.149. The van der Waals surface area contributed by atoms with Gasteiger partial charge in [0.05, 0.1) is 37.9 Å². The lowest BCUT2D eigenvalue weighted by Gasteiger charge is -2.18. The lowest BCUT2D eigenvalue weighted by atomic mass is 10.1. The molecule has 0 N–H and O–H groups in total. The fourth-order valence-corrected chi connectivity index (χ4v) is 4.94. The van der Waals surface area contributed by atoms with Crippen LogP contribution >= 0.6 is 11.3 Å². The van der Waals surface area contributed by atoms with Crippen molar-refractivity contribution in [2.24, 2.45) is 0 Å². The van der Waals surface area contributed by atoms with Crippen LogP contribution in [0.5, 0.6) is 17.2 Å². The highest BCUT2D eigenvalue weighted by atomic mass is 32.1. The normalized spacial score (nSPS) is 11.2. The van der Waals surface area contributed by atoms with Crippen LogP contribution in [0.1, 0.15) is 24.5 Å². The number of benzene rings is 2. The van der Waals surface area contributed by atoms with Crippen LogP contribution in [0.2, 0.25) is 0 Å². The minimum Gasteiger partial charge on any atom is -0.493 e. The highest BCUT2D eigenvalue weighted by molar-refractivity contribution is 7.22. The Kier molecular flexibility index (Phi) is 8.22. The summed E-state index contributed by atoms with van der Waals surface area (Å²) in [6.45, 7) is 3.41. The van der Waals surface area contributed by atoms with E-state index in [9.17, 15) is 4.79 Å². The van der Waals surface area contributed by atoms with E-state index in [1.807, 2.05) is 16.8 Å². The summed E-state index contributed by atoms with van der Waals surface area (Å²) in [5.41, 5.74) is 2.90. The number of nitrogens with zero attached hydrogens (tertiary/aromatic N) is 4. The molecule has 0 saturated heterocycles. The van der Waals surface area contributed by atoms with Gasteiger partial charge in [-0.25, -0.2) is 9.97 Å². The predicted molar refractivity (Wildman–Crippen MR) is 143 cm³/mol. The number of hydrogen-bond donors (Lipinski definition) is 0. The van der Waals surface area contributed by atoms with Crippen molar-refractivity contribution in [1.82, 2.24) is 14.5 Å². The first-order chi connectivity index (χ1) is 17.6. The van der Waals surface area contributed by atoms with E-state index in [0.717, 1.165) is 35.2 Å². The molecule has 2 aromatic heterocycles. The molecule has 0 spiro atoms. The molecule has 2 aromatic carbocycles. The maximum atomic E-state index is 13.4. The Bertz CT molecular complexity index is 1320. The monoisotopic (exact) mass is 506 g/mol. The molecule has 0 fully saturated rings. The number of methoxy groups -OCH3 is 3. The van der Waals surface area contributed by atoms with Crippen LogP contribution < -0.4 is 19.1 Å². The molecule has 0 aliphatic heterocycles. The van der Waals surface area contributed by atoms with Crippen LogP contribution in [0.25, 0.3) is 16.3 Å². The van der Waals surface area contributed by atoms with Gasteiger partial charge in [0.2, 0.25) is 5.75 Å². The van der Waals surface area contributed by atoms with Crippen LogP contribution in [-0.4, -0.2) is 48.3 Å². The van der Waals surface area contributed by atoms with Gasteiger partial charge in [-0.1, -0.05) is 24.3 Å². The van der Waals surface area contributed by atoms with Gasteiger partial charge in [-0.05, 0) is 54.3 Å². The Morgan fingerprint density at radius 3 is 2.53 bits per heavy atom. The minimum atomic E-state index is -0.149. The number of carbonyl (C=O) groups is 1. The van der Waals surface area contributed by atoms with E-state index >= 15 is 0 Å². The lowest BCUT2D eigenvalue weighted by molar-refractivity contribution is -0.114. The second-order valence-corrected chi connectivity index (χ2v) is 9.10. The Balaban J connectivity index is 1.61. The van der Waals surface area contributed by atoms with Crippen LogP contribution in [0.3, 0.4) is 0 Å². The number of anilines is 1. The number of rotatable bonds is 11. The number of ether oxygens (including phenoxy) is 3. The number of carbonyl (C=O) groups excluding carboxylic acids is 1. The molecule has 0 saturated carbocycles. The van der Waals surface area contributed by atoms with E-state index in [1.54, 1.807) is 63.0 Å². The molecule has 0 bridgehead atoms. The number of amides is 1. The first kappa shape index (κ1) is 25.2. The van der Waals surface area contributed by atoms with E-state index in [2.05, 4.69) is 24.0 Å². The number of aromatic nitrogens is 3. The highest BCUT2D eigenvalue weighted by Crippen LogP contribution is 2.38. The molecule has 0 aliphatic carbocycles. The molecule has 188 valence electrons. The van der Waals surface area contributed by atoms with Crippen molar-refractivity contribution in [2.75, 3.05) is 32.8 Å². The molecule has 0 aliphatic rings. The van der Waals surface area contributed by atoms with Crippen molar-refractivity contribution in [1.29, 1.82) is 0 Å². The van der Waals surface area contributed by atoms with E-state index in [1.165, 1.54) is 16.9 Å². The van der Waals surface area contributed by atoms with Gasteiger partial charge >= 0.3 is 0 Å². The summed E-state index contributed by atoms with van der Waals surface area (Å²) in [6.07, 6.45) is 10.5. The van der Waals surface area contributed by atoms with Crippen LogP contribution in [0, 0.1) is 0 Å². The summed E-state index contributed by atoms with van der Waals surface area (Å²) in [6, 6.07) is 9.86. The molecule has 4 rings (SSSR count). The smallest absolute Gasteiger partial charge is 0.252 e. The summed E-state index contributed by atoms with van der Waals surface area (Å²) in [5, 5.41) is 0.684. The summed E-state index contributed by atoms with van der Waals surface area (Å²) in [5.74, 6) is 1.41. The zero-order valence-electron chi connectivity index (χ0n) is 20.9. The molecule has 2 heterocycles. The average Bonchev–Trinajstić information content (AvgIpc) is 3.58. The summed E-state index contributed by atoms with van der Waals surface area (Å²) in [7, 11) is 4.69. The molecule has 4 aromatic rings.